The minimum atomic E-state index is 0.301. The summed E-state index contributed by atoms with van der Waals surface area (Å²) >= 11 is 0. The first-order valence-electron chi connectivity index (χ1n) is 5.33. The lowest BCUT2D eigenvalue weighted by atomic mass is 9.97. The van der Waals surface area contributed by atoms with Crippen LogP contribution < -0.4 is 0 Å². The number of unbranched alkanes of at least 4 members (excludes halogenated alkanes) is 1. The highest BCUT2D eigenvalue weighted by molar-refractivity contribution is 5.13. The van der Waals surface area contributed by atoms with Gasteiger partial charge in [-0.1, -0.05) is 18.9 Å². The molecule has 1 unspecified atom stereocenters. The smallest absolute Gasteiger partial charge is 0.0534 e. The Kier molecular flexibility index (Phi) is 3.79. The quantitative estimate of drug-likeness (QED) is 0.725. The number of hydrogen-bond donors (Lipinski definition) is 1. The lowest BCUT2D eigenvalue weighted by Crippen LogP contribution is -2.33. The Balaban J connectivity index is 2.64. The van der Waals surface area contributed by atoms with Crippen molar-refractivity contribution in [1.29, 1.82) is 0 Å². The van der Waals surface area contributed by atoms with Crippen LogP contribution in [0.2, 0.25) is 0 Å². The molecule has 76 valence electrons. The first kappa shape index (κ1) is 10.6. The molecule has 1 aliphatic heterocycles. The largest absolute Gasteiger partial charge is 0.288 e. The fraction of sp³-hybridized carbons (Fsp3) is 0.818. The molecule has 0 aromatic carbocycles. The first-order valence-corrected chi connectivity index (χ1v) is 5.33. The molecule has 0 aromatic rings. The van der Waals surface area contributed by atoms with E-state index in [-0.39, 0.29) is 0 Å². The van der Waals surface area contributed by atoms with Crippen LogP contribution in [-0.2, 0) is 0 Å². The highest BCUT2D eigenvalue weighted by Gasteiger charge is 2.21. The van der Waals surface area contributed by atoms with Gasteiger partial charge in [-0.3, -0.25) is 10.3 Å². The molecule has 0 fully saturated rings. The second-order valence-corrected chi connectivity index (χ2v) is 4.06. The first-order chi connectivity index (χ1) is 6.16. The molecule has 1 aliphatic rings. The van der Waals surface area contributed by atoms with E-state index >= 15 is 0 Å². The van der Waals surface area contributed by atoms with E-state index in [0.29, 0.717) is 6.04 Å². The molecule has 0 bridgehead atoms. The predicted molar refractivity (Wildman–Crippen MR) is 54.5 cm³/mol. The van der Waals surface area contributed by atoms with Gasteiger partial charge in [0, 0.05) is 5.70 Å². The number of hydroxylamine groups is 2. The third kappa shape index (κ3) is 2.47. The van der Waals surface area contributed by atoms with E-state index in [4.69, 9.17) is 0 Å². The summed E-state index contributed by atoms with van der Waals surface area (Å²) in [6.07, 6.45) is 5.63. The normalized spacial score (nSPS) is 24.0. The van der Waals surface area contributed by atoms with Gasteiger partial charge in [-0.05, 0) is 39.5 Å². The van der Waals surface area contributed by atoms with Crippen molar-refractivity contribution in [2.24, 2.45) is 0 Å². The Morgan fingerprint density at radius 3 is 2.85 bits per heavy atom. The van der Waals surface area contributed by atoms with Crippen molar-refractivity contribution in [3.63, 3.8) is 0 Å². The van der Waals surface area contributed by atoms with Crippen molar-refractivity contribution < 1.29 is 5.21 Å². The molecule has 1 atom stereocenters. The van der Waals surface area contributed by atoms with E-state index in [1.807, 2.05) is 0 Å². The molecule has 2 nitrogen and oxygen atoms in total. The zero-order valence-corrected chi connectivity index (χ0v) is 9.01. The minimum Gasteiger partial charge on any atom is -0.288 e. The molecule has 0 saturated heterocycles. The van der Waals surface area contributed by atoms with Gasteiger partial charge < -0.3 is 0 Å². The topological polar surface area (TPSA) is 23.5 Å². The van der Waals surface area contributed by atoms with Crippen LogP contribution in [0.3, 0.4) is 0 Å². The zero-order valence-electron chi connectivity index (χ0n) is 9.01. The Morgan fingerprint density at radius 2 is 2.23 bits per heavy atom. The third-order valence-corrected chi connectivity index (χ3v) is 2.89. The second-order valence-electron chi connectivity index (χ2n) is 4.06. The maximum atomic E-state index is 9.81. The van der Waals surface area contributed by atoms with Gasteiger partial charge in [-0.25, -0.2) is 0 Å². The summed E-state index contributed by atoms with van der Waals surface area (Å²) < 4.78 is 0. The van der Waals surface area contributed by atoms with Crippen LogP contribution in [0.4, 0.5) is 0 Å². The number of allylic oxidation sites excluding steroid dienone is 2. The van der Waals surface area contributed by atoms with Gasteiger partial charge in [-0.2, -0.15) is 0 Å². The molecular weight excluding hydrogens is 162 g/mol. The average molecular weight is 183 g/mol. The molecule has 2 heteroatoms. The Hall–Kier alpha value is -0.500. The van der Waals surface area contributed by atoms with E-state index < -0.39 is 0 Å². The van der Waals surface area contributed by atoms with E-state index in [2.05, 4.69) is 20.8 Å². The summed E-state index contributed by atoms with van der Waals surface area (Å²) in [4.78, 5) is 0. The zero-order chi connectivity index (χ0) is 9.84. The van der Waals surface area contributed by atoms with E-state index in [1.54, 1.807) is 0 Å². The lowest BCUT2D eigenvalue weighted by molar-refractivity contribution is -0.0991. The highest BCUT2D eigenvalue weighted by Crippen LogP contribution is 2.27. The lowest BCUT2D eigenvalue weighted by Gasteiger charge is -2.33. The van der Waals surface area contributed by atoms with Crippen LogP contribution in [0.15, 0.2) is 11.3 Å². The van der Waals surface area contributed by atoms with Crippen LogP contribution >= 0.6 is 0 Å². The van der Waals surface area contributed by atoms with Crippen LogP contribution in [0, 0.1) is 0 Å². The van der Waals surface area contributed by atoms with Gasteiger partial charge >= 0.3 is 0 Å². The average Bonchev–Trinajstić information content (AvgIpc) is 2.12. The van der Waals surface area contributed by atoms with Gasteiger partial charge in [0.25, 0.3) is 0 Å². The molecule has 0 radical (unpaired) electrons. The molecule has 0 amide bonds. The number of hydrogen-bond acceptors (Lipinski definition) is 2. The van der Waals surface area contributed by atoms with E-state index in [1.165, 1.54) is 29.2 Å². The summed E-state index contributed by atoms with van der Waals surface area (Å²) in [5, 5.41) is 11.3. The predicted octanol–water partition coefficient (Wildman–Crippen LogP) is 3.32. The Labute approximate surface area is 81.2 Å². The Bertz CT molecular complexity index is 198. The van der Waals surface area contributed by atoms with Crippen molar-refractivity contribution in [3.05, 3.63) is 11.3 Å². The fourth-order valence-electron chi connectivity index (χ4n) is 1.83. The SMILES string of the molecule is CCCCC1=C(C)CCC(C)N1O. The number of rotatable bonds is 3. The van der Waals surface area contributed by atoms with Gasteiger partial charge in [0.2, 0.25) is 0 Å². The van der Waals surface area contributed by atoms with Crippen molar-refractivity contribution in [1.82, 2.24) is 5.06 Å². The summed E-state index contributed by atoms with van der Waals surface area (Å²) in [5.74, 6) is 0. The maximum absolute atomic E-state index is 9.81. The monoisotopic (exact) mass is 183 g/mol. The number of nitrogens with zero attached hydrogens (tertiary/aromatic N) is 1. The summed E-state index contributed by atoms with van der Waals surface area (Å²) in [6, 6.07) is 0.301. The summed E-state index contributed by atoms with van der Waals surface area (Å²) in [6.45, 7) is 6.41. The molecule has 1 heterocycles. The third-order valence-electron chi connectivity index (χ3n) is 2.89. The summed E-state index contributed by atoms with van der Waals surface area (Å²) in [7, 11) is 0. The molecule has 13 heavy (non-hydrogen) atoms. The van der Waals surface area contributed by atoms with Gasteiger partial charge in [0.05, 0.1) is 6.04 Å². The van der Waals surface area contributed by atoms with Gasteiger partial charge in [-0.15, -0.1) is 0 Å². The van der Waals surface area contributed by atoms with Gasteiger partial charge in [0.15, 0.2) is 0 Å². The van der Waals surface area contributed by atoms with E-state index in [0.717, 1.165) is 19.3 Å². The van der Waals surface area contributed by atoms with Crippen LogP contribution in [0.1, 0.15) is 52.9 Å². The highest BCUT2D eigenvalue weighted by atomic mass is 16.5. The van der Waals surface area contributed by atoms with Crippen LogP contribution in [-0.4, -0.2) is 16.3 Å². The van der Waals surface area contributed by atoms with Crippen LogP contribution in [0.5, 0.6) is 0 Å². The second kappa shape index (κ2) is 4.66. The standard InChI is InChI=1S/C11H21NO/c1-4-5-6-11-9(2)7-8-10(3)12(11)13/h10,13H,4-8H2,1-3H3. The van der Waals surface area contributed by atoms with Crippen LogP contribution in [0.25, 0.3) is 0 Å². The van der Waals surface area contributed by atoms with Gasteiger partial charge in [0.1, 0.15) is 0 Å². The molecule has 0 aliphatic carbocycles. The molecule has 0 saturated carbocycles. The summed E-state index contributed by atoms with van der Waals surface area (Å²) in [5.41, 5.74) is 2.54. The van der Waals surface area contributed by atoms with Crippen molar-refractivity contribution >= 4 is 0 Å². The van der Waals surface area contributed by atoms with Crippen molar-refractivity contribution in [3.8, 4) is 0 Å². The fourth-order valence-corrected chi connectivity index (χ4v) is 1.83. The Morgan fingerprint density at radius 1 is 1.54 bits per heavy atom. The van der Waals surface area contributed by atoms with Crippen molar-refractivity contribution in [2.45, 2.75) is 58.9 Å². The van der Waals surface area contributed by atoms with Crippen molar-refractivity contribution in [2.75, 3.05) is 0 Å². The molecular formula is C11H21NO. The molecule has 0 spiro atoms. The molecule has 1 N–H and O–H groups in total. The minimum absolute atomic E-state index is 0.301. The molecule has 0 aromatic heterocycles. The maximum Gasteiger partial charge on any atom is 0.0534 e. The molecule has 1 rings (SSSR count). The van der Waals surface area contributed by atoms with E-state index in [9.17, 15) is 5.21 Å².